The van der Waals surface area contributed by atoms with E-state index < -0.39 is 12.3 Å². The van der Waals surface area contributed by atoms with Crippen LogP contribution in [0.1, 0.15) is 5.56 Å². The predicted octanol–water partition coefficient (Wildman–Crippen LogP) is 0.462. The van der Waals surface area contributed by atoms with Gasteiger partial charge in [-0.15, -0.1) is 0 Å². The van der Waals surface area contributed by atoms with Gasteiger partial charge in [0.15, 0.2) is 12.3 Å². The van der Waals surface area contributed by atoms with Crippen LogP contribution in [0.4, 0.5) is 16.2 Å². The Morgan fingerprint density at radius 1 is 1.00 bits per heavy atom. The van der Waals surface area contributed by atoms with Gasteiger partial charge >= 0.3 is 6.03 Å². The molecule has 2 unspecified atom stereocenters. The number of aromatic nitrogens is 1. The summed E-state index contributed by atoms with van der Waals surface area (Å²) >= 11 is 1.14. The maximum absolute atomic E-state index is 13.2. The molecule has 1 aromatic heterocycles. The maximum Gasteiger partial charge on any atom is 0.327 e. The van der Waals surface area contributed by atoms with Crippen LogP contribution in [0.25, 0.3) is 5.57 Å². The van der Waals surface area contributed by atoms with Gasteiger partial charge in [-0.05, 0) is 18.2 Å². The molecule has 0 aliphatic carbocycles. The van der Waals surface area contributed by atoms with Gasteiger partial charge in [0, 0.05) is 24.0 Å². The number of nitrogens with zero attached hydrogens (tertiary/aromatic N) is 4. The maximum atomic E-state index is 13.2. The van der Waals surface area contributed by atoms with E-state index in [0.29, 0.717) is 26.2 Å². The summed E-state index contributed by atoms with van der Waals surface area (Å²) in [7, 11) is 1.67. The number of nitrogens with one attached hydrogen (secondary N) is 2. The highest BCUT2D eigenvalue weighted by Crippen LogP contribution is 2.30. The van der Waals surface area contributed by atoms with Crippen molar-refractivity contribution in [1.82, 2.24) is 9.58 Å². The van der Waals surface area contributed by atoms with Gasteiger partial charge in [-0.3, -0.25) is 19.9 Å². The highest BCUT2D eigenvalue weighted by molar-refractivity contribution is 7.07. The lowest BCUT2D eigenvalue weighted by molar-refractivity contribution is -0.110. The summed E-state index contributed by atoms with van der Waals surface area (Å²) in [6.45, 7) is 0. The second-order valence-electron chi connectivity index (χ2n) is 7.44. The molecule has 31 heavy (non-hydrogen) atoms. The number of hydrogen-bond acceptors (Lipinski definition) is 6. The standard InChI is InChI=1S/C21H16N6O3S/c1-25-17-16(26(21(25)30)11-7-3-2-4-8-11)23-20-27(24-17)19(29)15(31-20)14-12-9-5-6-10-13(12)22-18(14)28/h2-10,16-17,24H,1H3,(H,22,28)/b15-14-. The van der Waals surface area contributed by atoms with Crippen molar-refractivity contribution in [2.75, 3.05) is 22.7 Å². The van der Waals surface area contributed by atoms with E-state index in [1.807, 2.05) is 48.5 Å². The number of thiazole rings is 1. The van der Waals surface area contributed by atoms with Crippen molar-refractivity contribution in [3.05, 3.63) is 79.8 Å². The first kappa shape index (κ1) is 17.9. The molecule has 10 heteroatoms. The lowest BCUT2D eigenvalue weighted by Crippen LogP contribution is -2.55. The van der Waals surface area contributed by atoms with Crippen LogP contribution in [0.2, 0.25) is 0 Å². The quantitative estimate of drug-likeness (QED) is 0.584. The molecule has 4 heterocycles. The Labute approximate surface area is 179 Å². The van der Waals surface area contributed by atoms with E-state index in [-0.39, 0.29) is 17.5 Å². The number of anilines is 2. The van der Waals surface area contributed by atoms with Crippen molar-refractivity contribution in [3.8, 4) is 0 Å². The Bertz CT molecular complexity index is 1440. The van der Waals surface area contributed by atoms with E-state index in [9.17, 15) is 14.4 Å². The number of urea groups is 1. The van der Waals surface area contributed by atoms with Gasteiger partial charge in [-0.1, -0.05) is 47.7 Å². The molecule has 1 saturated heterocycles. The van der Waals surface area contributed by atoms with Gasteiger partial charge in [0.05, 0.1) is 5.57 Å². The van der Waals surface area contributed by atoms with Crippen LogP contribution in [0.3, 0.4) is 0 Å². The smallest absolute Gasteiger partial charge is 0.321 e. The van der Waals surface area contributed by atoms with Gasteiger partial charge in [0.1, 0.15) is 4.53 Å². The van der Waals surface area contributed by atoms with Gasteiger partial charge in [0.2, 0.25) is 4.80 Å². The molecule has 3 aromatic rings. The molecule has 2 aromatic carbocycles. The molecule has 6 rings (SSSR count). The molecule has 0 saturated carbocycles. The zero-order valence-electron chi connectivity index (χ0n) is 16.3. The Morgan fingerprint density at radius 2 is 1.74 bits per heavy atom. The minimum atomic E-state index is -0.541. The average Bonchev–Trinajstić information content (AvgIpc) is 3.36. The first-order valence-electron chi connectivity index (χ1n) is 9.67. The van der Waals surface area contributed by atoms with Crippen molar-refractivity contribution >= 4 is 40.2 Å². The summed E-state index contributed by atoms with van der Waals surface area (Å²) in [5, 5.41) is 2.81. The number of amides is 3. The van der Waals surface area contributed by atoms with Gasteiger partial charge < -0.3 is 10.2 Å². The number of para-hydroxylation sites is 2. The Kier molecular flexibility index (Phi) is 3.63. The second-order valence-corrected chi connectivity index (χ2v) is 8.42. The number of carbonyl (C=O) groups excluding carboxylic acids is 2. The Hall–Kier alpha value is -3.92. The zero-order chi connectivity index (χ0) is 21.3. The molecule has 0 spiro atoms. The SMILES string of the molecule is CN1C(=O)N(c2ccccc2)C2N=c3s/c(=C4\C(=O)Nc5ccccc54)c(=O)n3NC21. The largest absolute Gasteiger partial charge is 0.327 e. The summed E-state index contributed by atoms with van der Waals surface area (Å²) in [5.41, 5.74) is 5.22. The monoisotopic (exact) mass is 432 g/mol. The van der Waals surface area contributed by atoms with Crippen LogP contribution in [0.15, 0.2) is 64.4 Å². The molecular formula is C21H16N6O3S. The van der Waals surface area contributed by atoms with Crippen molar-refractivity contribution in [1.29, 1.82) is 0 Å². The lowest BCUT2D eigenvalue weighted by Gasteiger charge is -2.27. The first-order valence-corrected chi connectivity index (χ1v) is 10.5. The molecule has 2 N–H and O–H groups in total. The number of rotatable bonds is 1. The predicted molar refractivity (Wildman–Crippen MR) is 116 cm³/mol. The van der Waals surface area contributed by atoms with Crippen LogP contribution in [-0.2, 0) is 4.79 Å². The molecular weight excluding hydrogens is 416 g/mol. The molecule has 3 aliphatic rings. The summed E-state index contributed by atoms with van der Waals surface area (Å²) in [6.07, 6.45) is -1.06. The number of hydrogen-bond donors (Lipinski definition) is 2. The number of carbonyl (C=O) groups is 2. The third-order valence-electron chi connectivity index (χ3n) is 5.69. The molecule has 0 radical (unpaired) electrons. The Balaban J connectivity index is 1.56. The van der Waals surface area contributed by atoms with Gasteiger partial charge in [-0.2, -0.15) is 4.68 Å². The Morgan fingerprint density at radius 3 is 2.55 bits per heavy atom. The zero-order valence-corrected chi connectivity index (χ0v) is 17.1. The van der Waals surface area contributed by atoms with E-state index in [2.05, 4.69) is 10.7 Å². The summed E-state index contributed by atoms with van der Waals surface area (Å²) < 4.78 is 1.65. The summed E-state index contributed by atoms with van der Waals surface area (Å²) in [6, 6.07) is 16.4. The van der Waals surface area contributed by atoms with Crippen LogP contribution in [0.5, 0.6) is 0 Å². The van der Waals surface area contributed by atoms with Crippen molar-refractivity contribution in [2.45, 2.75) is 12.3 Å². The van der Waals surface area contributed by atoms with Crippen molar-refractivity contribution in [3.63, 3.8) is 0 Å². The molecule has 3 aliphatic heterocycles. The summed E-state index contributed by atoms with van der Waals surface area (Å²) in [4.78, 5) is 47.0. The average molecular weight is 432 g/mol. The molecule has 0 bridgehead atoms. The lowest BCUT2D eigenvalue weighted by atomic mass is 10.1. The highest BCUT2D eigenvalue weighted by atomic mass is 32.1. The van der Waals surface area contributed by atoms with E-state index in [1.54, 1.807) is 18.0 Å². The number of benzene rings is 2. The fourth-order valence-electron chi connectivity index (χ4n) is 4.19. The van der Waals surface area contributed by atoms with E-state index in [1.165, 1.54) is 9.58 Å². The molecule has 2 atom stereocenters. The normalized spacial score (nSPS) is 23.0. The van der Waals surface area contributed by atoms with Crippen LogP contribution in [-0.4, -0.2) is 40.9 Å². The third kappa shape index (κ3) is 2.42. The minimum Gasteiger partial charge on any atom is -0.321 e. The fraction of sp³-hybridized carbons (Fsp3) is 0.143. The van der Waals surface area contributed by atoms with Crippen LogP contribution >= 0.6 is 11.3 Å². The topological polar surface area (TPSA) is 99.0 Å². The summed E-state index contributed by atoms with van der Waals surface area (Å²) in [5.74, 6) is -0.309. The van der Waals surface area contributed by atoms with Gasteiger partial charge in [-0.25, -0.2) is 9.79 Å². The molecule has 3 amide bonds. The van der Waals surface area contributed by atoms with Crippen LogP contribution < -0.4 is 30.5 Å². The van der Waals surface area contributed by atoms with Gasteiger partial charge in [0.25, 0.3) is 11.5 Å². The molecule has 154 valence electrons. The highest BCUT2D eigenvalue weighted by Gasteiger charge is 2.47. The van der Waals surface area contributed by atoms with Crippen molar-refractivity contribution < 1.29 is 9.59 Å². The number of fused-ring (bicyclic) bond motifs is 3. The van der Waals surface area contributed by atoms with Crippen LogP contribution in [0, 0.1) is 0 Å². The minimum absolute atomic E-state index is 0.209. The van der Waals surface area contributed by atoms with E-state index in [4.69, 9.17) is 4.99 Å². The van der Waals surface area contributed by atoms with E-state index >= 15 is 0 Å². The third-order valence-corrected chi connectivity index (χ3v) is 6.74. The number of likely N-dealkylation sites (N-methyl/N-ethyl adjacent to an activating group) is 1. The van der Waals surface area contributed by atoms with E-state index in [0.717, 1.165) is 17.0 Å². The molecule has 1 fully saturated rings. The first-order chi connectivity index (χ1) is 15.0. The second kappa shape index (κ2) is 6.29. The van der Waals surface area contributed by atoms with Crippen molar-refractivity contribution in [2.24, 2.45) is 4.99 Å². The molecule has 9 nitrogen and oxygen atoms in total. The fourth-order valence-corrected chi connectivity index (χ4v) is 5.24.